The van der Waals surface area contributed by atoms with Crippen molar-refractivity contribution < 1.29 is 4.79 Å². The van der Waals surface area contributed by atoms with Crippen LogP contribution in [0.1, 0.15) is 65.2 Å². The summed E-state index contributed by atoms with van der Waals surface area (Å²) in [7, 11) is 1.91. The van der Waals surface area contributed by atoms with E-state index in [1.807, 2.05) is 11.9 Å². The maximum atomic E-state index is 11.8. The molecule has 0 aromatic carbocycles. The number of hydrogen-bond acceptors (Lipinski definition) is 1. The molecule has 0 saturated heterocycles. The SMILES string of the molecule is CCCCCCCCC(=O)N(C)CCC(C)Br. The lowest BCUT2D eigenvalue weighted by Crippen LogP contribution is -2.28. The highest BCUT2D eigenvalue weighted by Crippen LogP contribution is 2.09. The Labute approximate surface area is 115 Å². The molecule has 0 rings (SSSR count). The number of carbonyl (C=O) groups excluding carboxylic acids is 1. The van der Waals surface area contributed by atoms with Crippen LogP contribution in [0.15, 0.2) is 0 Å². The van der Waals surface area contributed by atoms with Crippen molar-refractivity contribution in [3.8, 4) is 0 Å². The largest absolute Gasteiger partial charge is 0.346 e. The number of rotatable bonds is 10. The quantitative estimate of drug-likeness (QED) is 0.433. The smallest absolute Gasteiger partial charge is 0.222 e. The fourth-order valence-electron chi connectivity index (χ4n) is 1.74. The molecule has 0 N–H and O–H groups in total. The van der Waals surface area contributed by atoms with Crippen LogP contribution in [0.25, 0.3) is 0 Å². The summed E-state index contributed by atoms with van der Waals surface area (Å²) in [5.41, 5.74) is 0. The van der Waals surface area contributed by atoms with E-state index in [4.69, 9.17) is 0 Å². The average Bonchev–Trinajstić information content (AvgIpc) is 2.30. The second-order valence-corrected chi connectivity index (χ2v) is 6.47. The first kappa shape index (κ1) is 16.9. The van der Waals surface area contributed by atoms with Crippen LogP contribution in [-0.4, -0.2) is 29.2 Å². The molecule has 102 valence electrons. The second kappa shape index (κ2) is 11.1. The molecule has 3 heteroatoms. The lowest BCUT2D eigenvalue weighted by atomic mass is 10.1. The van der Waals surface area contributed by atoms with E-state index in [9.17, 15) is 4.79 Å². The molecule has 0 aromatic heterocycles. The van der Waals surface area contributed by atoms with Gasteiger partial charge in [-0.1, -0.05) is 61.9 Å². The van der Waals surface area contributed by atoms with E-state index in [2.05, 4.69) is 29.8 Å². The van der Waals surface area contributed by atoms with E-state index in [0.717, 1.165) is 25.8 Å². The van der Waals surface area contributed by atoms with E-state index >= 15 is 0 Å². The van der Waals surface area contributed by atoms with Crippen LogP contribution in [0.5, 0.6) is 0 Å². The minimum absolute atomic E-state index is 0.300. The molecule has 17 heavy (non-hydrogen) atoms. The lowest BCUT2D eigenvalue weighted by Gasteiger charge is -2.17. The van der Waals surface area contributed by atoms with Gasteiger partial charge in [0.25, 0.3) is 0 Å². The number of carbonyl (C=O) groups is 1. The summed E-state index contributed by atoms with van der Waals surface area (Å²) in [5.74, 6) is 0.300. The highest BCUT2D eigenvalue weighted by molar-refractivity contribution is 9.09. The molecule has 0 aliphatic carbocycles. The number of unbranched alkanes of at least 4 members (excludes halogenated alkanes) is 5. The second-order valence-electron chi connectivity index (χ2n) is 4.90. The highest BCUT2D eigenvalue weighted by Gasteiger charge is 2.08. The van der Waals surface area contributed by atoms with Gasteiger partial charge in [-0.05, 0) is 12.8 Å². The van der Waals surface area contributed by atoms with Gasteiger partial charge in [-0.2, -0.15) is 0 Å². The summed E-state index contributed by atoms with van der Waals surface area (Å²) in [6.07, 6.45) is 9.22. The average molecular weight is 306 g/mol. The number of alkyl halides is 1. The third-order valence-electron chi connectivity index (χ3n) is 3.03. The van der Waals surface area contributed by atoms with Gasteiger partial charge in [-0.3, -0.25) is 4.79 Å². The van der Waals surface area contributed by atoms with Crippen molar-refractivity contribution in [3.63, 3.8) is 0 Å². The van der Waals surface area contributed by atoms with Crippen LogP contribution >= 0.6 is 15.9 Å². The van der Waals surface area contributed by atoms with E-state index in [0.29, 0.717) is 10.7 Å². The number of amides is 1. The van der Waals surface area contributed by atoms with Crippen molar-refractivity contribution in [1.82, 2.24) is 4.90 Å². The fraction of sp³-hybridized carbons (Fsp3) is 0.929. The summed E-state index contributed by atoms with van der Waals surface area (Å²) >= 11 is 3.50. The standard InChI is InChI=1S/C14H28BrNO/c1-4-5-6-7-8-9-10-14(17)16(3)12-11-13(2)15/h13H,4-12H2,1-3H3. The van der Waals surface area contributed by atoms with E-state index in [1.165, 1.54) is 32.1 Å². The summed E-state index contributed by atoms with van der Waals surface area (Å²) in [5, 5.41) is 0. The zero-order chi connectivity index (χ0) is 13.1. The normalized spacial score (nSPS) is 12.5. The van der Waals surface area contributed by atoms with Crippen LogP contribution in [-0.2, 0) is 4.79 Å². The number of hydrogen-bond donors (Lipinski definition) is 0. The van der Waals surface area contributed by atoms with E-state index in [-0.39, 0.29) is 0 Å². The van der Waals surface area contributed by atoms with Crippen LogP contribution in [0, 0.1) is 0 Å². The van der Waals surface area contributed by atoms with Crippen molar-refractivity contribution >= 4 is 21.8 Å². The first-order valence-corrected chi connectivity index (χ1v) is 7.87. The Kier molecular flexibility index (Phi) is 11.0. The molecule has 1 atom stereocenters. The zero-order valence-electron chi connectivity index (χ0n) is 11.7. The number of halogens is 1. The zero-order valence-corrected chi connectivity index (χ0v) is 13.3. The van der Waals surface area contributed by atoms with Crippen LogP contribution in [0.2, 0.25) is 0 Å². The Morgan fingerprint density at radius 2 is 1.76 bits per heavy atom. The van der Waals surface area contributed by atoms with Crippen molar-refractivity contribution in [3.05, 3.63) is 0 Å². The molecule has 0 aliphatic heterocycles. The van der Waals surface area contributed by atoms with Gasteiger partial charge < -0.3 is 4.90 Å². The lowest BCUT2D eigenvalue weighted by molar-refractivity contribution is -0.130. The molecule has 0 radical (unpaired) electrons. The van der Waals surface area contributed by atoms with Gasteiger partial charge in [0.05, 0.1) is 0 Å². The molecule has 2 nitrogen and oxygen atoms in total. The monoisotopic (exact) mass is 305 g/mol. The van der Waals surface area contributed by atoms with E-state index in [1.54, 1.807) is 0 Å². The Hall–Kier alpha value is -0.0500. The van der Waals surface area contributed by atoms with Crippen LogP contribution in [0.4, 0.5) is 0 Å². The molecular formula is C14H28BrNO. The third kappa shape index (κ3) is 10.8. The van der Waals surface area contributed by atoms with Gasteiger partial charge >= 0.3 is 0 Å². The van der Waals surface area contributed by atoms with Crippen molar-refractivity contribution in [2.45, 2.75) is 70.0 Å². The third-order valence-corrected chi connectivity index (χ3v) is 3.49. The predicted octanol–water partition coefficient (Wildman–Crippen LogP) is 4.37. The minimum atomic E-state index is 0.300. The van der Waals surface area contributed by atoms with Gasteiger partial charge in [-0.15, -0.1) is 0 Å². The van der Waals surface area contributed by atoms with Gasteiger partial charge in [-0.25, -0.2) is 0 Å². The maximum Gasteiger partial charge on any atom is 0.222 e. The minimum Gasteiger partial charge on any atom is -0.346 e. The summed E-state index contributed by atoms with van der Waals surface area (Å²) in [6, 6.07) is 0. The first-order chi connectivity index (χ1) is 8.07. The van der Waals surface area contributed by atoms with Crippen molar-refractivity contribution in [2.24, 2.45) is 0 Å². The van der Waals surface area contributed by atoms with Crippen molar-refractivity contribution in [1.29, 1.82) is 0 Å². The summed E-state index contributed by atoms with van der Waals surface area (Å²) in [6.45, 7) is 5.20. The Morgan fingerprint density at radius 1 is 1.18 bits per heavy atom. The Balaban J connectivity index is 3.44. The maximum absolute atomic E-state index is 11.8. The van der Waals surface area contributed by atoms with Crippen LogP contribution in [0.3, 0.4) is 0 Å². The Morgan fingerprint density at radius 3 is 2.35 bits per heavy atom. The van der Waals surface area contributed by atoms with Gasteiger partial charge in [0.2, 0.25) is 5.91 Å². The molecule has 1 amide bonds. The molecule has 0 bridgehead atoms. The molecule has 0 saturated carbocycles. The molecule has 0 spiro atoms. The topological polar surface area (TPSA) is 20.3 Å². The Bertz CT molecular complexity index is 195. The highest BCUT2D eigenvalue weighted by atomic mass is 79.9. The molecule has 0 aromatic rings. The van der Waals surface area contributed by atoms with E-state index < -0.39 is 0 Å². The van der Waals surface area contributed by atoms with Crippen LogP contribution < -0.4 is 0 Å². The van der Waals surface area contributed by atoms with Gasteiger partial charge in [0.15, 0.2) is 0 Å². The summed E-state index contributed by atoms with van der Waals surface area (Å²) < 4.78 is 0. The van der Waals surface area contributed by atoms with Gasteiger partial charge in [0, 0.05) is 24.8 Å². The summed E-state index contributed by atoms with van der Waals surface area (Å²) in [4.78, 5) is 14.1. The van der Waals surface area contributed by atoms with Gasteiger partial charge in [0.1, 0.15) is 0 Å². The predicted molar refractivity (Wildman–Crippen MR) is 78.6 cm³/mol. The number of nitrogens with zero attached hydrogens (tertiary/aromatic N) is 1. The molecule has 1 unspecified atom stereocenters. The molecule has 0 heterocycles. The fourth-order valence-corrected chi connectivity index (χ4v) is 1.95. The molecular weight excluding hydrogens is 278 g/mol. The molecule has 0 aliphatic rings. The first-order valence-electron chi connectivity index (χ1n) is 6.96. The van der Waals surface area contributed by atoms with Crippen molar-refractivity contribution in [2.75, 3.05) is 13.6 Å². The molecule has 0 fully saturated rings.